The van der Waals surface area contributed by atoms with E-state index in [1.165, 1.54) is 10.9 Å². The predicted molar refractivity (Wildman–Crippen MR) is 78.6 cm³/mol. The Morgan fingerprint density at radius 1 is 1.45 bits per heavy atom. The molecule has 6 heteroatoms. The van der Waals surface area contributed by atoms with Gasteiger partial charge in [-0.25, -0.2) is 9.37 Å². The maximum atomic E-state index is 13.2. The number of carbonyl (C=O) groups is 1. The van der Waals surface area contributed by atoms with Crippen molar-refractivity contribution in [2.24, 2.45) is 0 Å². The van der Waals surface area contributed by atoms with E-state index >= 15 is 0 Å². The van der Waals surface area contributed by atoms with Gasteiger partial charge >= 0.3 is 0 Å². The highest BCUT2D eigenvalue weighted by Crippen LogP contribution is 2.16. The zero-order valence-electron chi connectivity index (χ0n) is 11.4. The molecule has 0 aliphatic carbocycles. The van der Waals surface area contributed by atoms with Gasteiger partial charge in [-0.05, 0) is 32.0 Å². The summed E-state index contributed by atoms with van der Waals surface area (Å²) < 4.78 is 13.2. The Morgan fingerprint density at radius 3 is 2.90 bits per heavy atom. The van der Waals surface area contributed by atoms with Gasteiger partial charge in [0.1, 0.15) is 11.6 Å². The molecule has 1 amide bonds. The molecular weight excluding hydrogens is 277 g/mol. The molecule has 0 aliphatic rings. The molecule has 0 atom stereocenters. The van der Waals surface area contributed by atoms with Crippen LogP contribution in [-0.4, -0.2) is 17.4 Å². The Morgan fingerprint density at radius 2 is 2.25 bits per heavy atom. The van der Waals surface area contributed by atoms with Crippen LogP contribution in [0.25, 0.3) is 0 Å². The summed E-state index contributed by atoms with van der Waals surface area (Å²) in [5.41, 5.74) is 0.222. The molecule has 2 rings (SSSR count). The van der Waals surface area contributed by atoms with Crippen LogP contribution in [0.3, 0.4) is 0 Å². The normalized spacial score (nSPS) is 10.3. The van der Waals surface area contributed by atoms with E-state index in [1.807, 2.05) is 26.0 Å². The molecule has 0 aromatic carbocycles. The lowest BCUT2D eigenvalue weighted by molar-refractivity contribution is 0.0951. The second-order valence-electron chi connectivity index (χ2n) is 4.28. The van der Waals surface area contributed by atoms with Crippen molar-refractivity contribution in [2.45, 2.75) is 20.4 Å². The highest BCUT2D eigenvalue weighted by molar-refractivity contribution is 7.11. The molecule has 0 aliphatic heterocycles. The summed E-state index contributed by atoms with van der Waals surface area (Å²) in [5, 5.41) is 5.73. The number of anilines is 1. The molecule has 0 spiro atoms. The first-order valence-corrected chi connectivity index (χ1v) is 7.14. The average molecular weight is 293 g/mol. The van der Waals surface area contributed by atoms with Gasteiger partial charge < -0.3 is 10.6 Å². The summed E-state index contributed by atoms with van der Waals surface area (Å²) in [7, 11) is 0. The first-order chi connectivity index (χ1) is 9.60. The van der Waals surface area contributed by atoms with E-state index in [0.29, 0.717) is 18.9 Å². The molecule has 4 nitrogen and oxygen atoms in total. The second kappa shape index (κ2) is 6.47. The van der Waals surface area contributed by atoms with E-state index in [1.54, 1.807) is 11.3 Å². The molecule has 2 aromatic heterocycles. The highest BCUT2D eigenvalue weighted by atomic mass is 32.1. The molecule has 2 heterocycles. The number of nitrogens with zero attached hydrogens (tertiary/aromatic N) is 1. The summed E-state index contributed by atoms with van der Waals surface area (Å²) in [6, 6.07) is 5.16. The van der Waals surface area contributed by atoms with Gasteiger partial charge in [0.15, 0.2) is 0 Å². The number of hydrogen-bond donors (Lipinski definition) is 2. The number of halogens is 1. The van der Waals surface area contributed by atoms with Crippen molar-refractivity contribution in [3.8, 4) is 0 Å². The zero-order valence-corrected chi connectivity index (χ0v) is 12.2. The lowest BCUT2D eigenvalue weighted by Gasteiger charge is -2.09. The molecule has 0 fully saturated rings. The largest absolute Gasteiger partial charge is 0.370 e. The van der Waals surface area contributed by atoms with Crippen molar-refractivity contribution in [1.29, 1.82) is 0 Å². The van der Waals surface area contributed by atoms with Crippen molar-refractivity contribution < 1.29 is 9.18 Å². The molecule has 0 saturated heterocycles. The highest BCUT2D eigenvalue weighted by Gasteiger charge is 2.13. The van der Waals surface area contributed by atoms with Gasteiger partial charge in [0.05, 0.1) is 18.3 Å². The van der Waals surface area contributed by atoms with Crippen LogP contribution in [-0.2, 0) is 6.54 Å². The van der Waals surface area contributed by atoms with Crippen LogP contribution in [0.1, 0.15) is 27.0 Å². The Labute approximate surface area is 121 Å². The van der Waals surface area contributed by atoms with Crippen LogP contribution in [0.2, 0.25) is 0 Å². The van der Waals surface area contributed by atoms with Crippen LogP contribution in [0, 0.1) is 12.7 Å². The topological polar surface area (TPSA) is 54.0 Å². The number of nitrogens with one attached hydrogen (secondary N) is 2. The fourth-order valence-electron chi connectivity index (χ4n) is 1.76. The van der Waals surface area contributed by atoms with E-state index in [2.05, 4.69) is 15.6 Å². The molecule has 0 bridgehead atoms. The number of amides is 1. The third-order valence-corrected chi connectivity index (χ3v) is 3.66. The van der Waals surface area contributed by atoms with Crippen molar-refractivity contribution in [3.63, 3.8) is 0 Å². The van der Waals surface area contributed by atoms with Crippen LogP contribution in [0.5, 0.6) is 0 Å². The summed E-state index contributed by atoms with van der Waals surface area (Å²) in [6.07, 6.45) is 1.09. The fraction of sp³-hybridized carbons (Fsp3) is 0.286. The number of carbonyl (C=O) groups excluding carboxylic acids is 1. The fourth-order valence-corrected chi connectivity index (χ4v) is 2.59. The average Bonchev–Trinajstić information content (AvgIpc) is 2.84. The van der Waals surface area contributed by atoms with Gasteiger partial charge in [-0.2, -0.15) is 0 Å². The molecule has 0 saturated carbocycles. The van der Waals surface area contributed by atoms with Crippen LogP contribution in [0.4, 0.5) is 10.2 Å². The Hall–Kier alpha value is -1.95. The Bertz CT molecular complexity index is 612. The first-order valence-electron chi connectivity index (χ1n) is 6.33. The number of pyridine rings is 1. The maximum absolute atomic E-state index is 13.2. The molecule has 0 unspecified atom stereocenters. The molecule has 2 N–H and O–H groups in total. The standard InChI is InChI=1S/C14H16FN3OS/c1-3-16-13-12(6-10(15)7-17-13)14(19)18-8-11-5-4-9(2)20-11/h4-7H,3,8H2,1-2H3,(H,16,17)(H,18,19). The smallest absolute Gasteiger partial charge is 0.255 e. The lowest BCUT2D eigenvalue weighted by atomic mass is 10.2. The SMILES string of the molecule is CCNc1ncc(F)cc1C(=O)NCc1ccc(C)s1. The van der Waals surface area contributed by atoms with Gasteiger partial charge in [0.25, 0.3) is 5.91 Å². The summed E-state index contributed by atoms with van der Waals surface area (Å²) in [5.74, 6) is -0.462. The van der Waals surface area contributed by atoms with Crippen molar-refractivity contribution >= 4 is 23.1 Å². The van der Waals surface area contributed by atoms with Crippen molar-refractivity contribution in [3.05, 3.63) is 45.5 Å². The monoisotopic (exact) mass is 293 g/mol. The third kappa shape index (κ3) is 3.54. The van der Waals surface area contributed by atoms with E-state index in [9.17, 15) is 9.18 Å². The molecule has 2 aromatic rings. The molecule has 106 valence electrons. The van der Waals surface area contributed by atoms with Crippen molar-refractivity contribution in [1.82, 2.24) is 10.3 Å². The zero-order chi connectivity index (χ0) is 14.5. The summed E-state index contributed by atoms with van der Waals surface area (Å²) in [6.45, 7) is 4.94. The minimum absolute atomic E-state index is 0.222. The number of aryl methyl sites for hydroxylation is 1. The van der Waals surface area contributed by atoms with Gasteiger partial charge in [-0.15, -0.1) is 11.3 Å². The number of thiophene rings is 1. The van der Waals surface area contributed by atoms with Gasteiger partial charge in [-0.3, -0.25) is 4.79 Å². The molecular formula is C14H16FN3OS. The third-order valence-electron chi connectivity index (χ3n) is 2.66. The minimum atomic E-state index is -0.524. The van der Waals surface area contributed by atoms with E-state index in [4.69, 9.17) is 0 Å². The first kappa shape index (κ1) is 14.5. The van der Waals surface area contributed by atoms with Gasteiger partial charge in [0.2, 0.25) is 0 Å². The summed E-state index contributed by atoms with van der Waals surface area (Å²) in [4.78, 5) is 18.3. The number of hydrogen-bond acceptors (Lipinski definition) is 4. The van der Waals surface area contributed by atoms with Crippen molar-refractivity contribution in [2.75, 3.05) is 11.9 Å². The van der Waals surface area contributed by atoms with Crippen LogP contribution >= 0.6 is 11.3 Å². The Balaban J connectivity index is 2.09. The Kier molecular flexibility index (Phi) is 4.68. The van der Waals surface area contributed by atoms with E-state index in [0.717, 1.165) is 11.1 Å². The lowest BCUT2D eigenvalue weighted by Crippen LogP contribution is -2.24. The van der Waals surface area contributed by atoms with Gasteiger partial charge in [0, 0.05) is 16.3 Å². The molecule has 20 heavy (non-hydrogen) atoms. The van der Waals surface area contributed by atoms with Crippen LogP contribution in [0.15, 0.2) is 24.4 Å². The number of rotatable bonds is 5. The minimum Gasteiger partial charge on any atom is -0.370 e. The van der Waals surface area contributed by atoms with E-state index in [-0.39, 0.29) is 11.5 Å². The maximum Gasteiger partial charge on any atom is 0.255 e. The number of aromatic nitrogens is 1. The van der Waals surface area contributed by atoms with E-state index < -0.39 is 5.82 Å². The summed E-state index contributed by atoms with van der Waals surface area (Å²) >= 11 is 1.62. The predicted octanol–water partition coefficient (Wildman–Crippen LogP) is 2.95. The molecule has 0 radical (unpaired) electrons. The van der Waals surface area contributed by atoms with Crippen LogP contribution < -0.4 is 10.6 Å². The quantitative estimate of drug-likeness (QED) is 0.891. The van der Waals surface area contributed by atoms with Gasteiger partial charge in [-0.1, -0.05) is 0 Å². The second-order valence-corrected chi connectivity index (χ2v) is 5.65.